The lowest BCUT2D eigenvalue weighted by molar-refractivity contribution is -0.135. The molecule has 1 saturated heterocycles. The maximum Gasteiger partial charge on any atom is 0.230 e. The number of aromatic nitrogens is 2. The molecular weight excluding hydrogens is 407 g/mol. The molecule has 2 atom stereocenters. The van der Waals surface area contributed by atoms with Gasteiger partial charge in [0.15, 0.2) is 0 Å². The van der Waals surface area contributed by atoms with Crippen molar-refractivity contribution in [3.63, 3.8) is 0 Å². The number of benzene rings is 1. The minimum absolute atomic E-state index is 0. The number of piperazine rings is 1. The number of carbonyl (C=O) groups is 1. The summed E-state index contributed by atoms with van der Waals surface area (Å²) in [6, 6.07) is 7.73. The highest BCUT2D eigenvalue weighted by molar-refractivity contribution is 6.31. The van der Waals surface area contributed by atoms with E-state index in [0.29, 0.717) is 18.1 Å². The van der Waals surface area contributed by atoms with Crippen molar-refractivity contribution in [3.05, 3.63) is 51.8 Å². The third-order valence-electron chi connectivity index (χ3n) is 5.16. The Hall–Kier alpha value is -1.27. The summed E-state index contributed by atoms with van der Waals surface area (Å²) in [5.74, 6) is -0.0950. The van der Waals surface area contributed by atoms with Gasteiger partial charge in [0.25, 0.3) is 0 Å². The molecule has 1 fully saturated rings. The summed E-state index contributed by atoms with van der Waals surface area (Å²) in [5.41, 5.74) is 3.99. The van der Waals surface area contributed by atoms with Gasteiger partial charge in [0.05, 0.1) is 17.7 Å². The summed E-state index contributed by atoms with van der Waals surface area (Å²) in [4.78, 5) is 15.3. The van der Waals surface area contributed by atoms with Crippen molar-refractivity contribution >= 4 is 42.3 Å². The van der Waals surface area contributed by atoms with E-state index in [1.807, 2.05) is 61.7 Å². The van der Waals surface area contributed by atoms with Crippen molar-refractivity contribution in [2.75, 3.05) is 19.6 Å². The standard InChI is InChI=1S/C19H25ClN4O.2ClH/c1-12(18-13(2)22-23(4)14(18)3)19(25)24-10-9-21-11-17(24)15-7-5-6-8-16(15)20;;/h5-8,12,17,21H,9-11H2,1-4H3;2*1H. The molecule has 1 aromatic carbocycles. The molecule has 0 bridgehead atoms. The van der Waals surface area contributed by atoms with Gasteiger partial charge < -0.3 is 10.2 Å². The van der Waals surface area contributed by atoms with Crippen molar-refractivity contribution in [1.82, 2.24) is 20.0 Å². The fraction of sp³-hybridized carbons (Fsp3) is 0.474. The predicted molar refractivity (Wildman–Crippen MR) is 114 cm³/mol. The van der Waals surface area contributed by atoms with Crippen LogP contribution in [0.4, 0.5) is 0 Å². The lowest BCUT2D eigenvalue weighted by Crippen LogP contribution is -2.50. The lowest BCUT2D eigenvalue weighted by Gasteiger charge is -2.38. The quantitative estimate of drug-likeness (QED) is 0.801. The first-order valence-electron chi connectivity index (χ1n) is 8.67. The Bertz CT molecular complexity index is 793. The van der Waals surface area contributed by atoms with Gasteiger partial charge in [-0.25, -0.2) is 0 Å². The van der Waals surface area contributed by atoms with Crippen LogP contribution in [0.5, 0.6) is 0 Å². The Kier molecular flexibility index (Phi) is 8.61. The van der Waals surface area contributed by atoms with Crippen molar-refractivity contribution in [2.45, 2.75) is 32.7 Å². The number of nitrogens with one attached hydrogen (secondary N) is 1. The van der Waals surface area contributed by atoms with Gasteiger partial charge in [-0.1, -0.05) is 29.8 Å². The Morgan fingerprint density at radius 3 is 2.56 bits per heavy atom. The molecule has 1 aromatic heterocycles. The molecule has 2 unspecified atom stereocenters. The number of halogens is 3. The van der Waals surface area contributed by atoms with Crippen LogP contribution >= 0.6 is 36.4 Å². The van der Waals surface area contributed by atoms with Crippen LogP contribution in [-0.2, 0) is 11.8 Å². The molecule has 1 amide bonds. The molecular formula is C19H27Cl3N4O. The van der Waals surface area contributed by atoms with Gasteiger partial charge in [-0.2, -0.15) is 5.10 Å². The van der Waals surface area contributed by atoms with E-state index < -0.39 is 0 Å². The zero-order valence-corrected chi connectivity index (χ0v) is 18.4. The molecule has 8 heteroatoms. The van der Waals surface area contributed by atoms with Crippen LogP contribution in [0.1, 0.15) is 41.4 Å². The van der Waals surface area contributed by atoms with E-state index in [1.54, 1.807) is 0 Å². The summed E-state index contributed by atoms with van der Waals surface area (Å²) in [7, 11) is 1.92. The van der Waals surface area contributed by atoms with Crippen molar-refractivity contribution in [2.24, 2.45) is 7.05 Å². The smallest absolute Gasteiger partial charge is 0.230 e. The zero-order valence-electron chi connectivity index (χ0n) is 16.0. The topological polar surface area (TPSA) is 50.2 Å². The zero-order chi connectivity index (χ0) is 18.1. The Morgan fingerprint density at radius 1 is 1.30 bits per heavy atom. The molecule has 0 aliphatic carbocycles. The molecule has 27 heavy (non-hydrogen) atoms. The van der Waals surface area contributed by atoms with Crippen molar-refractivity contribution in [1.29, 1.82) is 0 Å². The van der Waals surface area contributed by atoms with Crippen molar-refractivity contribution in [3.8, 4) is 0 Å². The number of carbonyl (C=O) groups excluding carboxylic acids is 1. The number of amides is 1. The lowest BCUT2D eigenvalue weighted by atomic mass is 9.95. The van der Waals surface area contributed by atoms with Crippen molar-refractivity contribution < 1.29 is 4.79 Å². The summed E-state index contributed by atoms with van der Waals surface area (Å²) < 4.78 is 1.84. The van der Waals surface area contributed by atoms with Crippen LogP contribution in [0.2, 0.25) is 5.02 Å². The summed E-state index contributed by atoms with van der Waals surface area (Å²) >= 11 is 6.40. The Labute approximate surface area is 178 Å². The molecule has 5 nitrogen and oxygen atoms in total. The van der Waals surface area contributed by atoms with E-state index in [1.165, 1.54) is 0 Å². The second kappa shape index (κ2) is 9.78. The molecule has 2 aromatic rings. The van der Waals surface area contributed by atoms with Gasteiger partial charge in [0, 0.05) is 43.0 Å². The van der Waals surface area contributed by atoms with Gasteiger partial charge in [0.1, 0.15) is 0 Å². The second-order valence-corrected chi connectivity index (χ2v) is 7.11. The molecule has 1 aliphatic heterocycles. The van der Waals surface area contributed by atoms with E-state index in [2.05, 4.69) is 10.4 Å². The maximum atomic E-state index is 13.3. The molecule has 0 saturated carbocycles. The average Bonchev–Trinajstić information content (AvgIpc) is 2.86. The van der Waals surface area contributed by atoms with Crippen LogP contribution in [0.25, 0.3) is 0 Å². The van der Waals surface area contributed by atoms with Crippen LogP contribution in [0.3, 0.4) is 0 Å². The van der Waals surface area contributed by atoms with Gasteiger partial charge in [-0.05, 0) is 32.4 Å². The van der Waals surface area contributed by atoms with E-state index in [-0.39, 0.29) is 42.7 Å². The van der Waals surface area contributed by atoms with Gasteiger partial charge >= 0.3 is 0 Å². The Morgan fingerprint density at radius 2 is 1.96 bits per heavy atom. The molecule has 3 rings (SSSR count). The number of nitrogens with zero attached hydrogens (tertiary/aromatic N) is 3. The average molecular weight is 434 g/mol. The highest BCUT2D eigenvalue weighted by Crippen LogP contribution is 2.32. The van der Waals surface area contributed by atoms with Gasteiger partial charge in [-0.15, -0.1) is 24.8 Å². The largest absolute Gasteiger partial charge is 0.333 e. The molecule has 0 radical (unpaired) electrons. The first kappa shape index (κ1) is 23.8. The fourth-order valence-electron chi connectivity index (χ4n) is 3.78. The van der Waals surface area contributed by atoms with Crippen LogP contribution in [0.15, 0.2) is 24.3 Å². The summed E-state index contributed by atoms with van der Waals surface area (Å²) in [6.07, 6.45) is 0. The molecule has 1 aliphatic rings. The van der Waals surface area contributed by atoms with Crippen LogP contribution in [0, 0.1) is 13.8 Å². The third-order valence-corrected chi connectivity index (χ3v) is 5.50. The van der Waals surface area contributed by atoms with Crippen LogP contribution in [-0.4, -0.2) is 40.2 Å². The monoisotopic (exact) mass is 432 g/mol. The molecule has 2 heterocycles. The number of aryl methyl sites for hydroxylation is 2. The Balaban J connectivity index is 0.00000182. The molecule has 150 valence electrons. The van der Waals surface area contributed by atoms with E-state index in [9.17, 15) is 4.79 Å². The number of hydrogen-bond acceptors (Lipinski definition) is 3. The first-order chi connectivity index (χ1) is 11.9. The van der Waals surface area contributed by atoms with E-state index >= 15 is 0 Å². The second-order valence-electron chi connectivity index (χ2n) is 6.70. The predicted octanol–water partition coefficient (Wildman–Crippen LogP) is 3.81. The van der Waals surface area contributed by atoms with Gasteiger partial charge in [-0.3, -0.25) is 9.48 Å². The molecule has 0 spiro atoms. The normalized spacial score (nSPS) is 17.7. The first-order valence-corrected chi connectivity index (χ1v) is 9.05. The minimum atomic E-state index is -0.225. The van der Waals surface area contributed by atoms with E-state index in [0.717, 1.165) is 29.1 Å². The van der Waals surface area contributed by atoms with Crippen LogP contribution < -0.4 is 5.32 Å². The van der Waals surface area contributed by atoms with Gasteiger partial charge in [0.2, 0.25) is 5.91 Å². The summed E-state index contributed by atoms with van der Waals surface area (Å²) in [5, 5.41) is 8.55. The number of hydrogen-bond donors (Lipinski definition) is 1. The maximum absolute atomic E-state index is 13.3. The summed E-state index contributed by atoms with van der Waals surface area (Å²) in [6.45, 7) is 8.15. The highest BCUT2D eigenvalue weighted by atomic mass is 35.5. The highest BCUT2D eigenvalue weighted by Gasteiger charge is 2.33. The third kappa shape index (κ3) is 4.60. The molecule has 1 N–H and O–H groups in total. The van der Waals surface area contributed by atoms with E-state index in [4.69, 9.17) is 11.6 Å². The minimum Gasteiger partial charge on any atom is -0.333 e. The SMILES string of the molecule is Cc1nn(C)c(C)c1C(C)C(=O)N1CCNCC1c1ccccc1Cl.Cl.Cl. The number of rotatable bonds is 3. The fourth-order valence-corrected chi connectivity index (χ4v) is 4.04.